The van der Waals surface area contributed by atoms with E-state index in [0.29, 0.717) is 11.1 Å². The normalized spacial score (nSPS) is 12.4. The third kappa shape index (κ3) is 4.50. The van der Waals surface area contributed by atoms with Gasteiger partial charge in [0.05, 0.1) is 0 Å². The molecule has 0 spiro atoms. The van der Waals surface area contributed by atoms with Crippen LogP contribution in [0.2, 0.25) is 0 Å². The highest BCUT2D eigenvalue weighted by Gasteiger charge is 2.18. The van der Waals surface area contributed by atoms with Gasteiger partial charge in [0.15, 0.2) is 5.78 Å². The number of ketones is 1. The first-order valence-corrected chi connectivity index (χ1v) is 6.96. The van der Waals surface area contributed by atoms with Crippen LogP contribution >= 0.6 is 15.9 Å². The molecule has 0 aliphatic carbocycles. The smallest absolute Gasteiger partial charge is 0.165 e. The lowest BCUT2D eigenvalue weighted by atomic mass is 10.0. The second-order valence-corrected chi connectivity index (χ2v) is 4.97. The van der Waals surface area contributed by atoms with Gasteiger partial charge in [0.1, 0.15) is 11.9 Å². The van der Waals surface area contributed by atoms with Crippen LogP contribution in [0.4, 0.5) is 4.39 Å². The van der Waals surface area contributed by atoms with Gasteiger partial charge in [-0.2, -0.15) is 0 Å². The molecule has 18 heavy (non-hydrogen) atoms. The second kappa shape index (κ2) is 7.64. The lowest BCUT2D eigenvalue weighted by Crippen LogP contribution is -2.26. The van der Waals surface area contributed by atoms with Gasteiger partial charge in [-0.3, -0.25) is 4.79 Å². The quantitative estimate of drug-likeness (QED) is 0.762. The minimum atomic E-state index is -0.350. The summed E-state index contributed by atoms with van der Waals surface area (Å²) in [4.78, 5) is 12.1. The van der Waals surface area contributed by atoms with Gasteiger partial charge in [-0.1, -0.05) is 35.3 Å². The molecule has 1 rings (SSSR count). The first kappa shape index (κ1) is 15.3. The van der Waals surface area contributed by atoms with Crippen LogP contribution in [0, 0.1) is 5.82 Å². The highest BCUT2D eigenvalue weighted by Crippen LogP contribution is 2.20. The van der Waals surface area contributed by atoms with Crippen molar-refractivity contribution in [2.75, 3.05) is 6.61 Å². The predicted molar refractivity (Wildman–Crippen MR) is 73.1 cm³/mol. The summed E-state index contributed by atoms with van der Waals surface area (Å²) in [5.41, 5.74) is 0.794. The number of carbonyl (C=O) groups is 1. The fraction of sp³-hybridized carbons (Fsp3) is 0.500. The molecule has 0 aromatic heterocycles. The Hall–Kier alpha value is -0.740. The molecule has 100 valence electrons. The van der Waals surface area contributed by atoms with Gasteiger partial charge < -0.3 is 4.74 Å². The van der Waals surface area contributed by atoms with Crippen LogP contribution in [0.15, 0.2) is 22.7 Å². The first-order chi connectivity index (χ1) is 8.58. The molecule has 1 atom stereocenters. The lowest BCUT2D eigenvalue weighted by Gasteiger charge is -2.15. The molecule has 0 amide bonds. The van der Waals surface area contributed by atoms with E-state index in [4.69, 9.17) is 4.74 Å². The molecular weight excluding hydrogens is 299 g/mol. The zero-order valence-corrected chi connectivity index (χ0v) is 12.3. The van der Waals surface area contributed by atoms with Crippen LogP contribution in [0.3, 0.4) is 0 Å². The summed E-state index contributed by atoms with van der Waals surface area (Å²) < 4.78 is 19.0. The van der Waals surface area contributed by atoms with Crippen molar-refractivity contribution in [1.29, 1.82) is 0 Å². The maximum atomic E-state index is 12.9. The average Bonchev–Trinajstić information content (AvgIpc) is 2.32. The molecule has 0 fully saturated rings. The third-order valence-corrected chi connectivity index (χ3v) is 3.40. The molecule has 0 bridgehead atoms. The van der Waals surface area contributed by atoms with E-state index >= 15 is 0 Å². The Kier molecular flexibility index (Phi) is 6.50. The molecule has 0 aliphatic rings. The lowest BCUT2D eigenvalue weighted by molar-refractivity contribution is -0.130. The molecule has 0 N–H and O–H groups in total. The van der Waals surface area contributed by atoms with Crippen molar-refractivity contribution in [3.8, 4) is 0 Å². The molecule has 2 nitrogen and oxygen atoms in total. The zero-order valence-electron chi connectivity index (χ0n) is 10.7. The molecule has 1 unspecified atom stereocenters. The fourth-order valence-corrected chi connectivity index (χ4v) is 2.26. The van der Waals surface area contributed by atoms with Gasteiger partial charge >= 0.3 is 0 Å². The number of rotatable bonds is 7. The van der Waals surface area contributed by atoms with Crippen molar-refractivity contribution in [3.05, 3.63) is 34.1 Å². The third-order valence-electron chi connectivity index (χ3n) is 2.66. The summed E-state index contributed by atoms with van der Waals surface area (Å²) in [5, 5.41) is 0. The van der Waals surface area contributed by atoms with Gasteiger partial charge in [-0.25, -0.2) is 4.39 Å². The van der Waals surface area contributed by atoms with Crippen molar-refractivity contribution in [2.45, 2.75) is 39.2 Å². The first-order valence-electron chi connectivity index (χ1n) is 6.16. The van der Waals surface area contributed by atoms with Crippen LogP contribution in [-0.2, 0) is 16.0 Å². The Morgan fingerprint density at radius 3 is 2.72 bits per heavy atom. The molecule has 0 aliphatic heterocycles. The Morgan fingerprint density at radius 1 is 1.44 bits per heavy atom. The average molecular weight is 317 g/mol. The van der Waals surface area contributed by atoms with Crippen molar-refractivity contribution in [2.24, 2.45) is 0 Å². The second-order valence-electron chi connectivity index (χ2n) is 4.11. The number of benzene rings is 1. The van der Waals surface area contributed by atoms with E-state index in [1.165, 1.54) is 12.1 Å². The zero-order chi connectivity index (χ0) is 13.5. The standard InChI is InChI=1S/C14H18BrFO2/c1-3-5-14(18-4-2)13(17)8-10-6-7-11(16)9-12(10)15/h6-7,9,14H,3-5,8H2,1-2H3. The number of halogens is 2. The van der Waals surface area contributed by atoms with E-state index in [1.54, 1.807) is 6.07 Å². The predicted octanol–water partition coefficient (Wildman–Crippen LogP) is 3.91. The van der Waals surface area contributed by atoms with E-state index in [9.17, 15) is 9.18 Å². The number of hydrogen-bond donors (Lipinski definition) is 0. The number of hydrogen-bond acceptors (Lipinski definition) is 2. The van der Waals surface area contributed by atoms with E-state index in [1.807, 2.05) is 13.8 Å². The highest BCUT2D eigenvalue weighted by molar-refractivity contribution is 9.10. The Balaban J connectivity index is 2.72. The van der Waals surface area contributed by atoms with Crippen LogP contribution in [0.5, 0.6) is 0 Å². The Morgan fingerprint density at radius 2 is 2.17 bits per heavy atom. The van der Waals surface area contributed by atoms with Crippen LogP contribution in [0.25, 0.3) is 0 Å². The van der Waals surface area contributed by atoms with E-state index in [2.05, 4.69) is 15.9 Å². The highest BCUT2D eigenvalue weighted by atomic mass is 79.9. The summed E-state index contributed by atoms with van der Waals surface area (Å²) >= 11 is 3.27. The van der Waals surface area contributed by atoms with Crippen LogP contribution in [0.1, 0.15) is 32.3 Å². The van der Waals surface area contributed by atoms with E-state index in [0.717, 1.165) is 18.4 Å². The van der Waals surface area contributed by atoms with Crippen molar-refractivity contribution in [3.63, 3.8) is 0 Å². The maximum Gasteiger partial charge on any atom is 0.165 e. The summed E-state index contributed by atoms with van der Waals surface area (Å²) in [7, 11) is 0. The molecule has 1 aromatic rings. The van der Waals surface area contributed by atoms with Gasteiger partial charge in [0, 0.05) is 17.5 Å². The molecule has 0 saturated heterocycles. The number of ether oxygens (including phenoxy) is 1. The summed E-state index contributed by atoms with van der Waals surface area (Å²) in [6.45, 7) is 4.43. The molecule has 0 radical (unpaired) electrons. The van der Waals surface area contributed by atoms with Crippen molar-refractivity contribution >= 4 is 21.7 Å². The van der Waals surface area contributed by atoms with Gasteiger partial charge in [0.2, 0.25) is 0 Å². The minimum absolute atomic E-state index is 0.0472. The summed E-state index contributed by atoms with van der Waals surface area (Å²) in [6.07, 6.45) is 1.55. The Bertz CT molecular complexity index is 401. The van der Waals surface area contributed by atoms with Gasteiger partial charge in [-0.15, -0.1) is 0 Å². The minimum Gasteiger partial charge on any atom is -0.371 e. The topological polar surface area (TPSA) is 26.3 Å². The number of carbonyl (C=O) groups excluding carboxylic acids is 1. The van der Waals surface area contributed by atoms with Crippen LogP contribution in [-0.4, -0.2) is 18.5 Å². The van der Waals surface area contributed by atoms with Gasteiger partial charge in [-0.05, 0) is 31.0 Å². The van der Waals surface area contributed by atoms with E-state index in [-0.39, 0.29) is 24.1 Å². The molecular formula is C14H18BrFO2. The molecule has 1 aromatic carbocycles. The number of Topliss-reactive ketones (excluding diaryl/α,β-unsaturated/α-hetero) is 1. The van der Waals surface area contributed by atoms with Crippen LogP contribution < -0.4 is 0 Å². The Labute approximate surface area is 116 Å². The van der Waals surface area contributed by atoms with E-state index < -0.39 is 0 Å². The van der Waals surface area contributed by atoms with Crippen molar-refractivity contribution < 1.29 is 13.9 Å². The largest absolute Gasteiger partial charge is 0.371 e. The molecule has 0 heterocycles. The van der Waals surface area contributed by atoms with Gasteiger partial charge in [0.25, 0.3) is 0 Å². The maximum absolute atomic E-state index is 12.9. The molecule has 0 saturated carbocycles. The monoisotopic (exact) mass is 316 g/mol. The SMILES string of the molecule is CCCC(OCC)C(=O)Cc1ccc(F)cc1Br. The summed E-state index contributed by atoms with van der Waals surface area (Å²) in [6, 6.07) is 4.37. The fourth-order valence-electron chi connectivity index (χ4n) is 1.77. The molecule has 4 heteroatoms. The van der Waals surface area contributed by atoms with Crippen molar-refractivity contribution in [1.82, 2.24) is 0 Å². The summed E-state index contributed by atoms with van der Waals surface area (Å²) in [5.74, 6) is -0.265.